The van der Waals surface area contributed by atoms with Gasteiger partial charge in [-0.2, -0.15) is 0 Å². The molecule has 0 saturated carbocycles. The highest BCUT2D eigenvalue weighted by Crippen LogP contribution is 2.27. The van der Waals surface area contributed by atoms with Crippen molar-refractivity contribution in [2.24, 2.45) is 0 Å². The number of sulfone groups is 1. The highest BCUT2D eigenvalue weighted by Gasteiger charge is 2.21. The molecule has 3 N–H and O–H groups in total. The second-order valence-electron chi connectivity index (χ2n) is 4.56. The lowest BCUT2D eigenvalue weighted by molar-refractivity contribution is 0.521. The summed E-state index contributed by atoms with van der Waals surface area (Å²) in [5.74, 6) is -0.0584. The SMILES string of the molecule is CN(C)S(=O)(=O)c1cccc(NCCS(C)(=O)=O)c1N. The number of sulfonamides is 1. The smallest absolute Gasteiger partial charge is 0.244 e. The first-order valence-corrected chi connectivity index (χ1v) is 9.28. The molecule has 20 heavy (non-hydrogen) atoms. The third-order valence-electron chi connectivity index (χ3n) is 2.61. The third-order valence-corrected chi connectivity index (χ3v) is 5.43. The maximum atomic E-state index is 12.1. The molecule has 114 valence electrons. The second kappa shape index (κ2) is 5.98. The predicted octanol–water partition coefficient (Wildman–Crippen LogP) is -0.0244. The number of nitrogens with zero attached hydrogens (tertiary/aromatic N) is 1. The Balaban J connectivity index is 3.03. The van der Waals surface area contributed by atoms with Gasteiger partial charge in [-0.15, -0.1) is 0 Å². The van der Waals surface area contributed by atoms with E-state index in [1.807, 2.05) is 0 Å². The summed E-state index contributed by atoms with van der Waals surface area (Å²) in [4.78, 5) is -0.00754. The maximum absolute atomic E-state index is 12.1. The van der Waals surface area contributed by atoms with E-state index < -0.39 is 19.9 Å². The minimum atomic E-state index is -3.63. The molecule has 1 rings (SSSR count). The lowest BCUT2D eigenvalue weighted by atomic mass is 10.2. The van der Waals surface area contributed by atoms with E-state index in [9.17, 15) is 16.8 Å². The van der Waals surface area contributed by atoms with Crippen LogP contribution in [0.1, 0.15) is 0 Å². The van der Waals surface area contributed by atoms with Crippen molar-refractivity contribution in [2.45, 2.75) is 4.90 Å². The summed E-state index contributed by atoms with van der Waals surface area (Å²) in [6, 6.07) is 4.56. The van der Waals surface area contributed by atoms with E-state index in [1.165, 1.54) is 20.2 Å². The summed E-state index contributed by atoms with van der Waals surface area (Å²) in [5, 5.41) is 2.83. The van der Waals surface area contributed by atoms with Gasteiger partial charge in [0.1, 0.15) is 14.7 Å². The monoisotopic (exact) mass is 321 g/mol. The van der Waals surface area contributed by atoms with E-state index in [0.29, 0.717) is 5.69 Å². The Labute approximate surface area is 119 Å². The van der Waals surface area contributed by atoms with Crippen LogP contribution in [-0.4, -0.2) is 53.8 Å². The fourth-order valence-corrected chi connectivity index (χ4v) is 3.00. The van der Waals surface area contributed by atoms with Crippen LogP contribution < -0.4 is 11.1 Å². The van der Waals surface area contributed by atoms with Crippen LogP contribution in [0.5, 0.6) is 0 Å². The molecule has 0 radical (unpaired) electrons. The number of rotatable bonds is 6. The summed E-state index contributed by atoms with van der Waals surface area (Å²) in [6.07, 6.45) is 1.13. The van der Waals surface area contributed by atoms with Crippen molar-refractivity contribution in [3.63, 3.8) is 0 Å². The van der Waals surface area contributed by atoms with Gasteiger partial charge in [0.25, 0.3) is 0 Å². The third kappa shape index (κ3) is 4.09. The van der Waals surface area contributed by atoms with Crippen molar-refractivity contribution < 1.29 is 16.8 Å². The number of benzene rings is 1. The molecular weight excluding hydrogens is 302 g/mol. The fourth-order valence-electron chi connectivity index (χ4n) is 1.49. The molecule has 0 heterocycles. The molecule has 0 bridgehead atoms. The van der Waals surface area contributed by atoms with Crippen LogP contribution in [0.2, 0.25) is 0 Å². The number of nitrogens with one attached hydrogen (secondary N) is 1. The van der Waals surface area contributed by atoms with Crippen LogP contribution >= 0.6 is 0 Å². The quantitative estimate of drug-likeness (QED) is 0.712. The summed E-state index contributed by atoms with van der Waals surface area (Å²) >= 11 is 0. The molecule has 0 unspecified atom stereocenters. The Morgan fingerprint density at radius 1 is 1.20 bits per heavy atom. The highest BCUT2D eigenvalue weighted by molar-refractivity contribution is 7.90. The summed E-state index contributed by atoms with van der Waals surface area (Å²) in [5.41, 5.74) is 6.32. The molecule has 0 aromatic heterocycles. The van der Waals surface area contributed by atoms with Gasteiger partial charge < -0.3 is 11.1 Å². The average molecular weight is 321 g/mol. The fraction of sp³-hybridized carbons (Fsp3) is 0.455. The predicted molar refractivity (Wildman–Crippen MR) is 79.9 cm³/mol. The number of nitrogen functional groups attached to an aromatic ring is 1. The first-order valence-electron chi connectivity index (χ1n) is 5.78. The van der Waals surface area contributed by atoms with E-state index in [2.05, 4.69) is 5.32 Å². The molecular formula is C11H19N3O4S2. The lowest BCUT2D eigenvalue weighted by Crippen LogP contribution is -2.23. The number of hydrogen-bond acceptors (Lipinski definition) is 6. The van der Waals surface area contributed by atoms with Crippen LogP contribution in [0.15, 0.2) is 23.1 Å². The molecule has 0 amide bonds. The molecule has 0 saturated heterocycles. The van der Waals surface area contributed by atoms with Crippen molar-refractivity contribution >= 4 is 31.2 Å². The molecule has 0 aliphatic carbocycles. The molecule has 7 nitrogen and oxygen atoms in total. The van der Waals surface area contributed by atoms with Gasteiger partial charge in [0.2, 0.25) is 10.0 Å². The number of para-hydroxylation sites is 1. The normalized spacial score (nSPS) is 12.6. The van der Waals surface area contributed by atoms with Crippen molar-refractivity contribution in [3.8, 4) is 0 Å². The van der Waals surface area contributed by atoms with Crippen molar-refractivity contribution in [1.29, 1.82) is 0 Å². The zero-order chi connectivity index (χ0) is 15.6. The van der Waals surface area contributed by atoms with Crippen LogP contribution in [0, 0.1) is 0 Å². The summed E-state index contributed by atoms with van der Waals surface area (Å²) < 4.78 is 47.3. The van der Waals surface area contributed by atoms with Gasteiger partial charge in [-0.05, 0) is 12.1 Å². The van der Waals surface area contributed by atoms with E-state index >= 15 is 0 Å². The molecule has 0 spiro atoms. The van der Waals surface area contributed by atoms with Gasteiger partial charge in [-0.3, -0.25) is 0 Å². The summed E-state index contributed by atoms with van der Waals surface area (Å²) in [6.45, 7) is 0.161. The maximum Gasteiger partial charge on any atom is 0.244 e. The average Bonchev–Trinajstić information content (AvgIpc) is 2.29. The topological polar surface area (TPSA) is 110 Å². The van der Waals surface area contributed by atoms with E-state index in [1.54, 1.807) is 12.1 Å². The largest absolute Gasteiger partial charge is 0.396 e. The number of hydrogen-bond donors (Lipinski definition) is 2. The zero-order valence-electron chi connectivity index (χ0n) is 11.6. The van der Waals surface area contributed by atoms with Crippen molar-refractivity contribution in [3.05, 3.63) is 18.2 Å². The Morgan fingerprint density at radius 2 is 1.80 bits per heavy atom. The van der Waals surface area contributed by atoms with Gasteiger partial charge in [0, 0.05) is 26.9 Å². The molecule has 0 atom stereocenters. The van der Waals surface area contributed by atoms with Crippen LogP contribution in [0.25, 0.3) is 0 Å². The minimum Gasteiger partial charge on any atom is -0.396 e. The zero-order valence-corrected chi connectivity index (χ0v) is 13.3. The lowest BCUT2D eigenvalue weighted by Gasteiger charge is -2.16. The van der Waals surface area contributed by atoms with Crippen molar-refractivity contribution in [2.75, 3.05) is 43.7 Å². The van der Waals surface area contributed by atoms with E-state index in [4.69, 9.17) is 5.73 Å². The number of anilines is 2. The van der Waals surface area contributed by atoms with Gasteiger partial charge >= 0.3 is 0 Å². The Hall–Kier alpha value is -1.32. The molecule has 9 heteroatoms. The summed E-state index contributed by atoms with van der Waals surface area (Å²) in [7, 11) is -3.89. The minimum absolute atomic E-state index is 0.00754. The number of nitrogens with two attached hydrogens (primary N) is 1. The highest BCUT2D eigenvalue weighted by atomic mass is 32.2. The van der Waals surface area contributed by atoms with Crippen LogP contribution in [-0.2, 0) is 19.9 Å². The second-order valence-corrected chi connectivity index (χ2v) is 8.94. The van der Waals surface area contributed by atoms with Gasteiger partial charge in [-0.1, -0.05) is 6.07 Å². The first kappa shape index (κ1) is 16.7. The van der Waals surface area contributed by atoms with Crippen LogP contribution in [0.3, 0.4) is 0 Å². The molecule has 0 aliphatic rings. The Morgan fingerprint density at radius 3 is 2.30 bits per heavy atom. The Bertz CT molecular complexity index is 682. The van der Waals surface area contributed by atoms with Gasteiger partial charge in [0.05, 0.1) is 17.1 Å². The van der Waals surface area contributed by atoms with Gasteiger partial charge in [0.15, 0.2) is 0 Å². The molecule has 1 aromatic rings. The molecule has 0 aliphatic heterocycles. The standard InChI is InChI=1S/C11H19N3O4S2/c1-14(2)20(17,18)10-6-4-5-9(11(10)12)13-7-8-19(3,15)16/h4-6,13H,7-8,12H2,1-3H3. The van der Waals surface area contributed by atoms with Gasteiger partial charge in [-0.25, -0.2) is 21.1 Å². The van der Waals surface area contributed by atoms with Crippen molar-refractivity contribution in [1.82, 2.24) is 4.31 Å². The van der Waals surface area contributed by atoms with Crippen LogP contribution in [0.4, 0.5) is 11.4 Å². The Kier molecular flexibility index (Phi) is 5.00. The molecule has 0 fully saturated rings. The first-order chi connectivity index (χ1) is 9.05. The van der Waals surface area contributed by atoms with E-state index in [-0.39, 0.29) is 22.9 Å². The van der Waals surface area contributed by atoms with E-state index in [0.717, 1.165) is 10.6 Å². The molecule has 1 aromatic carbocycles.